The molecule has 0 aliphatic heterocycles. The molecule has 2 aromatic heterocycles. The summed E-state index contributed by atoms with van der Waals surface area (Å²) in [5.74, 6) is 0.598. The molecule has 0 aliphatic rings. The average Bonchev–Trinajstić information content (AvgIpc) is 2.42. The maximum Gasteiger partial charge on any atom is 0.213 e. The average molecular weight is 240 g/mol. The molecule has 0 aliphatic carbocycles. The van der Waals surface area contributed by atoms with Crippen LogP contribution < -0.4 is 10.1 Å². The number of hydrogen-bond acceptors (Lipinski definition) is 5. The lowest BCUT2D eigenvalue weighted by molar-refractivity contribution is 0.327. The summed E-state index contributed by atoms with van der Waals surface area (Å²) in [7, 11) is 0. The number of nitrogens with one attached hydrogen (secondary N) is 1. The SMILES string of the molecule is CCOc1ccc(Nc2ccc(C#N)nc2)cn1. The van der Waals surface area contributed by atoms with Gasteiger partial charge in [0.1, 0.15) is 11.8 Å². The molecule has 0 radical (unpaired) electrons. The molecule has 0 fully saturated rings. The lowest BCUT2D eigenvalue weighted by atomic mass is 10.3. The number of aromatic nitrogens is 2. The second kappa shape index (κ2) is 5.64. The molecule has 2 heterocycles. The van der Waals surface area contributed by atoms with Crippen molar-refractivity contribution in [2.45, 2.75) is 6.92 Å². The first-order valence-electron chi connectivity index (χ1n) is 5.54. The summed E-state index contributed by atoms with van der Waals surface area (Å²) in [5, 5.41) is 11.8. The number of anilines is 2. The molecular formula is C13H12N4O. The van der Waals surface area contributed by atoms with Crippen molar-refractivity contribution in [1.29, 1.82) is 5.26 Å². The number of rotatable bonds is 4. The van der Waals surface area contributed by atoms with Crippen LogP contribution in [0.15, 0.2) is 36.7 Å². The van der Waals surface area contributed by atoms with Crippen molar-refractivity contribution in [3.63, 3.8) is 0 Å². The van der Waals surface area contributed by atoms with E-state index < -0.39 is 0 Å². The van der Waals surface area contributed by atoms with Crippen LogP contribution in [0.5, 0.6) is 5.88 Å². The highest BCUT2D eigenvalue weighted by atomic mass is 16.5. The summed E-state index contributed by atoms with van der Waals surface area (Å²) in [4.78, 5) is 8.11. The minimum absolute atomic E-state index is 0.394. The fourth-order valence-electron chi connectivity index (χ4n) is 1.39. The fraction of sp³-hybridized carbons (Fsp3) is 0.154. The van der Waals surface area contributed by atoms with Crippen LogP contribution in [0.1, 0.15) is 12.6 Å². The largest absolute Gasteiger partial charge is 0.478 e. The van der Waals surface area contributed by atoms with Gasteiger partial charge in [-0.25, -0.2) is 9.97 Å². The molecule has 2 aromatic rings. The molecule has 0 aromatic carbocycles. The van der Waals surface area contributed by atoms with E-state index in [9.17, 15) is 0 Å². The van der Waals surface area contributed by atoms with Crippen molar-refractivity contribution in [1.82, 2.24) is 9.97 Å². The van der Waals surface area contributed by atoms with Crippen molar-refractivity contribution in [2.24, 2.45) is 0 Å². The van der Waals surface area contributed by atoms with E-state index in [1.54, 1.807) is 30.6 Å². The summed E-state index contributed by atoms with van der Waals surface area (Å²) < 4.78 is 5.25. The van der Waals surface area contributed by atoms with Gasteiger partial charge in [-0.1, -0.05) is 0 Å². The first kappa shape index (κ1) is 11.9. The van der Waals surface area contributed by atoms with Crippen LogP contribution in [0, 0.1) is 11.3 Å². The molecule has 0 saturated heterocycles. The lowest BCUT2D eigenvalue weighted by Gasteiger charge is -2.06. The Morgan fingerprint density at radius 3 is 2.39 bits per heavy atom. The van der Waals surface area contributed by atoms with Gasteiger partial charge < -0.3 is 10.1 Å². The van der Waals surface area contributed by atoms with Gasteiger partial charge in [0.2, 0.25) is 5.88 Å². The van der Waals surface area contributed by atoms with Crippen LogP contribution in [-0.2, 0) is 0 Å². The molecule has 5 heteroatoms. The van der Waals surface area contributed by atoms with Crippen LogP contribution in [0.3, 0.4) is 0 Å². The molecule has 2 rings (SSSR count). The zero-order chi connectivity index (χ0) is 12.8. The first-order chi connectivity index (χ1) is 8.81. The topological polar surface area (TPSA) is 70.8 Å². The number of hydrogen-bond donors (Lipinski definition) is 1. The predicted octanol–water partition coefficient (Wildman–Crippen LogP) is 2.49. The Morgan fingerprint density at radius 2 is 1.89 bits per heavy atom. The van der Waals surface area contributed by atoms with E-state index >= 15 is 0 Å². The van der Waals surface area contributed by atoms with Crippen molar-refractivity contribution >= 4 is 11.4 Å². The summed E-state index contributed by atoms with van der Waals surface area (Å²) in [6.07, 6.45) is 3.29. The molecule has 0 unspecified atom stereocenters. The van der Waals surface area contributed by atoms with E-state index in [1.807, 2.05) is 19.1 Å². The zero-order valence-corrected chi connectivity index (χ0v) is 9.92. The number of nitriles is 1. The predicted molar refractivity (Wildman–Crippen MR) is 67.6 cm³/mol. The van der Waals surface area contributed by atoms with Crippen LogP contribution in [0.2, 0.25) is 0 Å². The fourth-order valence-corrected chi connectivity index (χ4v) is 1.39. The van der Waals surface area contributed by atoms with Gasteiger partial charge in [-0.05, 0) is 25.1 Å². The zero-order valence-electron chi connectivity index (χ0n) is 9.92. The van der Waals surface area contributed by atoms with E-state index in [2.05, 4.69) is 15.3 Å². The summed E-state index contributed by atoms with van der Waals surface area (Å²) in [6.45, 7) is 2.51. The smallest absolute Gasteiger partial charge is 0.213 e. The highest BCUT2D eigenvalue weighted by Gasteiger charge is 1.98. The monoisotopic (exact) mass is 240 g/mol. The molecule has 0 saturated carbocycles. The van der Waals surface area contributed by atoms with Crippen molar-refractivity contribution in [3.05, 3.63) is 42.4 Å². The minimum atomic E-state index is 0.394. The Bertz CT molecular complexity index is 543. The third-order valence-electron chi connectivity index (χ3n) is 2.20. The Kier molecular flexibility index (Phi) is 3.72. The number of nitrogens with zero attached hydrogens (tertiary/aromatic N) is 3. The van der Waals surface area contributed by atoms with E-state index in [1.165, 1.54) is 0 Å². The number of ether oxygens (including phenoxy) is 1. The van der Waals surface area contributed by atoms with E-state index in [-0.39, 0.29) is 0 Å². The normalized spacial score (nSPS) is 9.56. The summed E-state index contributed by atoms with van der Waals surface area (Å²) >= 11 is 0. The van der Waals surface area contributed by atoms with Crippen LogP contribution in [0.25, 0.3) is 0 Å². The molecule has 5 nitrogen and oxygen atoms in total. The van der Waals surface area contributed by atoms with Gasteiger partial charge in [0.25, 0.3) is 0 Å². The third-order valence-corrected chi connectivity index (χ3v) is 2.20. The Hall–Kier alpha value is -2.61. The molecule has 0 spiro atoms. The quantitative estimate of drug-likeness (QED) is 0.889. The van der Waals surface area contributed by atoms with Gasteiger partial charge in [-0.15, -0.1) is 0 Å². The molecule has 0 amide bonds. The van der Waals surface area contributed by atoms with Gasteiger partial charge in [-0.2, -0.15) is 5.26 Å². The molecule has 0 atom stereocenters. The molecule has 1 N–H and O–H groups in total. The van der Waals surface area contributed by atoms with Gasteiger partial charge in [0.05, 0.1) is 30.4 Å². The Labute approximate surface area is 105 Å². The summed E-state index contributed by atoms with van der Waals surface area (Å²) in [5.41, 5.74) is 2.04. The lowest BCUT2D eigenvalue weighted by Crippen LogP contribution is -1.96. The minimum Gasteiger partial charge on any atom is -0.478 e. The van der Waals surface area contributed by atoms with E-state index in [0.29, 0.717) is 18.2 Å². The van der Waals surface area contributed by atoms with Crippen molar-refractivity contribution in [3.8, 4) is 11.9 Å². The van der Waals surface area contributed by atoms with Gasteiger partial charge in [0, 0.05) is 6.07 Å². The third kappa shape index (κ3) is 2.95. The van der Waals surface area contributed by atoms with Crippen LogP contribution >= 0.6 is 0 Å². The summed E-state index contributed by atoms with van der Waals surface area (Å²) in [6, 6.07) is 9.09. The maximum atomic E-state index is 8.64. The maximum absolute atomic E-state index is 8.64. The van der Waals surface area contributed by atoms with Gasteiger partial charge in [0.15, 0.2) is 0 Å². The van der Waals surface area contributed by atoms with Crippen molar-refractivity contribution in [2.75, 3.05) is 11.9 Å². The van der Waals surface area contributed by atoms with E-state index in [4.69, 9.17) is 10.00 Å². The highest BCUT2D eigenvalue weighted by molar-refractivity contribution is 5.58. The second-order valence-corrected chi connectivity index (χ2v) is 3.49. The molecule has 0 bridgehead atoms. The van der Waals surface area contributed by atoms with Gasteiger partial charge in [-0.3, -0.25) is 0 Å². The molecule has 90 valence electrons. The Morgan fingerprint density at radius 1 is 1.17 bits per heavy atom. The van der Waals surface area contributed by atoms with E-state index in [0.717, 1.165) is 11.4 Å². The van der Waals surface area contributed by atoms with Crippen LogP contribution in [-0.4, -0.2) is 16.6 Å². The van der Waals surface area contributed by atoms with Gasteiger partial charge >= 0.3 is 0 Å². The highest BCUT2D eigenvalue weighted by Crippen LogP contribution is 2.17. The van der Waals surface area contributed by atoms with Crippen LogP contribution in [0.4, 0.5) is 11.4 Å². The molecule has 18 heavy (non-hydrogen) atoms. The standard InChI is InChI=1S/C13H12N4O/c1-2-18-13-6-5-12(9-16-13)17-11-4-3-10(7-14)15-8-11/h3-6,8-9,17H,2H2,1H3. The Balaban J connectivity index is 2.06. The first-order valence-corrected chi connectivity index (χ1v) is 5.54. The molecular weight excluding hydrogens is 228 g/mol. The van der Waals surface area contributed by atoms with Crippen molar-refractivity contribution < 1.29 is 4.74 Å². The number of pyridine rings is 2. The second-order valence-electron chi connectivity index (χ2n) is 3.49.